The molecule has 7 heteroatoms. The Balaban J connectivity index is 1.35. The van der Waals surface area contributed by atoms with E-state index >= 15 is 0 Å². The molecule has 6 nitrogen and oxygen atoms in total. The van der Waals surface area contributed by atoms with Crippen LogP contribution < -0.4 is 15.0 Å². The Labute approximate surface area is 175 Å². The number of rotatable bonds is 5. The van der Waals surface area contributed by atoms with Crippen molar-refractivity contribution in [1.82, 2.24) is 4.90 Å². The largest absolute Gasteiger partial charge is 0.497 e. The molecule has 2 aliphatic heterocycles. The summed E-state index contributed by atoms with van der Waals surface area (Å²) >= 11 is 5.92. The number of benzene rings is 2. The van der Waals surface area contributed by atoms with E-state index < -0.39 is 0 Å². The summed E-state index contributed by atoms with van der Waals surface area (Å²) in [5.41, 5.74) is 1.65. The fourth-order valence-corrected chi connectivity index (χ4v) is 4.17. The molecule has 0 spiro atoms. The van der Waals surface area contributed by atoms with Crippen molar-refractivity contribution >= 4 is 34.8 Å². The number of ether oxygens (including phenoxy) is 1. The summed E-state index contributed by atoms with van der Waals surface area (Å²) in [6.07, 6.45) is 2.08. The summed E-state index contributed by atoms with van der Waals surface area (Å²) in [5, 5.41) is 4.13. The number of halogens is 1. The summed E-state index contributed by atoms with van der Waals surface area (Å²) in [5.74, 6) is 0.541. The van der Waals surface area contributed by atoms with Gasteiger partial charge in [0, 0.05) is 29.8 Å². The third-order valence-corrected chi connectivity index (χ3v) is 5.89. The SMILES string of the molecule is COc1ccc(NC2CCN(C3CC(=O)N(c4ccc(Cl)cc4)C3=O)CC2)cc1. The Morgan fingerprint density at radius 2 is 1.66 bits per heavy atom. The normalized spacial score (nSPS) is 20.9. The van der Waals surface area contributed by atoms with Gasteiger partial charge < -0.3 is 10.1 Å². The molecule has 0 saturated carbocycles. The van der Waals surface area contributed by atoms with Crippen LogP contribution in [-0.2, 0) is 9.59 Å². The number of imide groups is 1. The van der Waals surface area contributed by atoms with Crippen molar-refractivity contribution in [3.05, 3.63) is 53.6 Å². The maximum absolute atomic E-state index is 12.9. The number of piperidine rings is 1. The van der Waals surface area contributed by atoms with Gasteiger partial charge in [-0.25, -0.2) is 4.90 Å². The van der Waals surface area contributed by atoms with Crippen LogP contribution in [0.3, 0.4) is 0 Å². The van der Waals surface area contributed by atoms with E-state index in [4.69, 9.17) is 16.3 Å². The number of hydrogen-bond acceptors (Lipinski definition) is 5. The molecular weight excluding hydrogens is 390 g/mol. The molecule has 4 rings (SSSR count). The number of hydrogen-bond donors (Lipinski definition) is 1. The predicted molar refractivity (Wildman–Crippen MR) is 114 cm³/mol. The number of likely N-dealkylation sites (tertiary alicyclic amines) is 1. The van der Waals surface area contributed by atoms with E-state index in [0.717, 1.165) is 37.4 Å². The van der Waals surface area contributed by atoms with Gasteiger partial charge >= 0.3 is 0 Å². The second-order valence-electron chi connectivity index (χ2n) is 7.45. The van der Waals surface area contributed by atoms with Crippen LogP contribution >= 0.6 is 11.6 Å². The lowest BCUT2D eigenvalue weighted by Crippen LogP contribution is -2.48. The molecule has 29 heavy (non-hydrogen) atoms. The van der Waals surface area contributed by atoms with E-state index in [1.165, 1.54) is 4.90 Å². The molecule has 0 bridgehead atoms. The lowest BCUT2D eigenvalue weighted by Gasteiger charge is -2.35. The summed E-state index contributed by atoms with van der Waals surface area (Å²) in [6, 6.07) is 14.7. The fraction of sp³-hybridized carbons (Fsp3) is 0.364. The molecule has 2 aliphatic rings. The lowest BCUT2D eigenvalue weighted by molar-refractivity contribution is -0.123. The number of anilines is 2. The maximum Gasteiger partial charge on any atom is 0.251 e. The summed E-state index contributed by atoms with van der Waals surface area (Å²) in [4.78, 5) is 28.9. The first kappa shape index (κ1) is 19.7. The number of nitrogens with zero attached hydrogens (tertiary/aromatic N) is 2. The lowest BCUT2D eigenvalue weighted by atomic mass is 10.0. The van der Waals surface area contributed by atoms with Crippen molar-refractivity contribution in [3.63, 3.8) is 0 Å². The molecule has 1 N–H and O–H groups in total. The van der Waals surface area contributed by atoms with Gasteiger partial charge in [-0.3, -0.25) is 14.5 Å². The van der Waals surface area contributed by atoms with E-state index in [1.54, 1.807) is 31.4 Å². The molecule has 1 atom stereocenters. The van der Waals surface area contributed by atoms with Gasteiger partial charge in [0.25, 0.3) is 5.91 Å². The van der Waals surface area contributed by atoms with Crippen LogP contribution in [0.5, 0.6) is 5.75 Å². The van der Waals surface area contributed by atoms with Gasteiger partial charge in [-0.2, -0.15) is 0 Å². The molecule has 0 aromatic heterocycles. The van der Waals surface area contributed by atoms with Gasteiger partial charge in [0.1, 0.15) is 5.75 Å². The Bertz CT molecular complexity index is 877. The Morgan fingerprint density at radius 1 is 1.00 bits per heavy atom. The Kier molecular flexibility index (Phi) is 5.74. The highest BCUT2D eigenvalue weighted by Crippen LogP contribution is 2.29. The molecule has 2 amide bonds. The van der Waals surface area contributed by atoms with Gasteiger partial charge in [0.2, 0.25) is 5.91 Å². The maximum atomic E-state index is 12.9. The zero-order chi connectivity index (χ0) is 20.4. The highest BCUT2D eigenvalue weighted by molar-refractivity contribution is 6.30. The molecule has 152 valence electrons. The molecule has 0 radical (unpaired) electrons. The monoisotopic (exact) mass is 413 g/mol. The first-order chi connectivity index (χ1) is 14.0. The first-order valence-corrected chi connectivity index (χ1v) is 10.2. The van der Waals surface area contributed by atoms with E-state index in [9.17, 15) is 9.59 Å². The fourth-order valence-electron chi connectivity index (χ4n) is 4.04. The number of carbonyl (C=O) groups is 2. The minimum atomic E-state index is -0.375. The van der Waals surface area contributed by atoms with Crippen molar-refractivity contribution in [2.75, 3.05) is 30.4 Å². The number of nitrogens with one attached hydrogen (secondary N) is 1. The van der Waals surface area contributed by atoms with E-state index in [0.29, 0.717) is 16.8 Å². The third-order valence-electron chi connectivity index (χ3n) is 5.64. The van der Waals surface area contributed by atoms with E-state index in [-0.39, 0.29) is 24.3 Å². The highest BCUT2D eigenvalue weighted by Gasteiger charge is 2.43. The summed E-state index contributed by atoms with van der Waals surface area (Å²) in [6.45, 7) is 1.57. The molecule has 0 aliphatic carbocycles. The molecular formula is C22H24ClN3O3. The van der Waals surface area contributed by atoms with Crippen LogP contribution in [0.2, 0.25) is 5.02 Å². The minimum Gasteiger partial charge on any atom is -0.497 e. The molecule has 2 heterocycles. The van der Waals surface area contributed by atoms with Gasteiger partial charge in [0.05, 0.1) is 25.3 Å². The van der Waals surface area contributed by atoms with Crippen LogP contribution in [0.25, 0.3) is 0 Å². The van der Waals surface area contributed by atoms with Crippen molar-refractivity contribution in [2.45, 2.75) is 31.3 Å². The number of amides is 2. The minimum absolute atomic E-state index is 0.140. The highest BCUT2D eigenvalue weighted by atomic mass is 35.5. The summed E-state index contributed by atoms with van der Waals surface area (Å²) < 4.78 is 5.19. The number of methoxy groups -OCH3 is 1. The first-order valence-electron chi connectivity index (χ1n) is 9.82. The standard InChI is InChI=1S/C22H24ClN3O3/c1-29-19-8-4-16(5-9-19)24-17-10-12-25(13-11-17)20-14-21(27)26(22(20)28)18-6-2-15(23)3-7-18/h2-9,17,20,24H,10-14H2,1H3. The van der Waals surface area contributed by atoms with Crippen molar-refractivity contribution in [2.24, 2.45) is 0 Å². The summed E-state index contributed by atoms with van der Waals surface area (Å²) in [7, 11) is 1.65. The van der Waals surface area contributed by atoms with E-state index in [2.05, 4.69) is 10.2 Å². The Morgan fingerprint density at radius 3 is 2.28 bits per heavy atom. The van der Waals surface area contributed by atoms with Crippen molar-refractivity contribution in [1.29, 1.82) is 0 Å². The molecule has 2 fully saturated rings. The van der Waals surface area contributed by atoms with Crippen LogP contribution in [0, 0.1) is 0 Å². The molecule has 2 saturated heterocycles. The van der Waals surface area contributed by atoms with Crippen molar-refractivity contribution in [3.8, 4) is 5.75 Å². The van der Waals surface area contributed by atoms with Crippen LogP contribution in [-0.4, -0.2) is 49.0 Å². The van der Waals surface area contributed by atoms with Gasteiger partial charge in [-0.15, -0.1) is 0 Å². The van der Waals surface area contributed by atoms with Crippen LogP contribution in [0.1, 0.15) is 19.3 Å². The third kappa shape index (κ3) is 4.23. The second kappa shape index (κ2) is 8.43. The van der Waals surface area contributed by atoms with Crippen LogP contribution in [0.4, 0.5) is 11.4 Å². The quantitative estimate of drug-likeness (QED) is 0.759. The van der Waals surface area contributed by atoms with Gasteiger partial charge in [0.15, 0.2) is 0 Å². The van der Waals surface area contributed by atoms with Gasteiger partial charge in [-0.1, -0.05) is 11.6 Å². The Hall–Kier alpha value is -2.57. The van der Waals surface area contributed by atoms with Gasteiger partial charge in [-0.05, 0) is 61.4 Å². The smallest absolute Gasteiger partial charge is 0.251 e. The average Bonchev–Trinajstić information content (AvgIpc) is 3.04. The van der Waals surface area contributed by atoms with Crippen LogP contribution in [0.15, 0.2) is 48.5 Å². The second-order valence-corrected chi connectivity index (χ2v) is 7.88. The topological polar surface area (TPSA) is 61.9 Å². The zero-order valence-corrected chi connectivity index (χ0v) is 17.1. The zero-order valence-electron chi connectivity index (χ0n) is 16.3. The molecule has 1 unspecified atom stereocenters. The average molecular weight is 414 g/mol. The van der Waals surface area contributed by atoms with E-state index in [1.807, 2.05) is 24.3 Å². The molecule has 2 aromatic carbocycles. The number of carbonyl (C=O) groups excluding carboxylic acids is 2. The predicted octanol–water partition coefficient (Wildman–Crippen LogP) is 3.56. The van der Waals surface area contributed by atoms with Crippen molar-refractivity contribution < 1.29 is 14.3 Å². The molecule has 2 aromatic rings.